The van der Waals surface area contributed by atoms with E-state index in [0.29, 0.717) is 9.90 Å². The zero-order valence-electron chi connectivity index (χ0n) is 20.5. The number of nitrogens with zero attached hydrogens (tertiary/aromatic N) is 2. The van der Waals surface area contributed by atoms with Crippen LogP contribution in [0.3, 0.4) is 0 Å². The van der Waals surface area contributed by atoms with Crippen LogP contribution >= 0.6 is 22.9 Å². The molecular formula is C31H21ClN2O4S. The van der Waals surface area contributed by atoms with Crippen molar-refractivity contribution >= 4 is 46.4 Å². The van der Waals surface area contributed by atoms with Crippen LogP contribution in [0.4, 0.5) is 0 Å². The molecule has 0 radical (unpaired) electrons. The van der Waals surface area contributed by atoms with Gasteiger partial charge in [0.1, 0.15) is 6.54 Å². The normalized spacial score (nSPS) is 22.3. The third kappa shape index (κ3) is 3.53. The Morgan fingerprint density at radius 2 is 1.26 bits per heavy atom. The number of hydrazine groups is 1. The summed E-state index contributed by atoms with van der Waals surface area (Å²) in [5, 5.41) is 4.20. The number of imide groups is 1. The highest BCUT2D eigenvalue weighted by Crippen LogP contribution is 2.61. The Morgan fingerprint density at radius 3 is 1.72 bits per heavy atom. The number of carbonyl (C=O) groups excluding carboxylic acids is 4. The summed E-state index contributed by atoms with van der Waals surface area (Å²) in [5.41, 5.74) is 4.38. The van der Waals surface area contributed by atoms with Crippen molar-refractivity contribution in [2.75, 3.05) is 6.54 Å². The van der Waals surface area contributed by atoms with Crippen LogP contribution in [0.2, 0.25) is 5.02 Å². The van der Waals surface area contributed by atoms with Gasteiger partial charge in [-0.15, -0.1) is 11.3 Å². The number of hydrogen-bond acceptors (Lipinski definition) is 5. The number of ketones is 1. The lowest BCUT2D eigenvalue weighted by Crippen LogP contribution is -2.52. The molecule has 2 atom stereocenters. The minimum absolute atomic E-state index is 0.225. The lowest BCUT2D eigenvalue weighted by atomic mass is 9.55. The van der Waals surface area contributed by atoms with Gasteiger partial charge >= 0.3 is 0 Å². The first-order chi connectivity index (χ1) is 19.0. The molecule has 0 unspecified atom stereocenters. The zero-order valence-corrected chi connectivity index (χ0v) is 22.1. The van der Waals surface area contributed by atoms with Gasteiger partial charge in [0, 0.05) is 22.4 Å². The second kappa shape index (κ2) is 9.00. The predicted octanol–water partition coefficient (Wildman–Crippen LogP) is 5.53. The van der Waals surface area contributed by atoms with Crippen LogP contribution in [0.1, 0.15) is 54.1 Å². The largest absolute Gasteiger partial charge is 0.291 e. The third-order valence-electron chi connectivity index (χ3n) is 8.08. The Labute approximate surface area is 233 Å². The first-order valence-corrected chi connectivity index (χ1v) is 13.9. The van der Waals surface area contributed by atoms with E-state index >= 15 is 0 Å². The van der Waals surface area contributed by atoms with Crippen molar-refractivity contribution in [2.24, 2.45) is 11.8 Å². The second-order valence-corrected chi connectivity index (χ2v) is 11.4. The van der Waals surface area contributed by atoms with Gasteiger partial charge in [0.05, 0.1) is 16.7 Å². The van der Waals surface area contributed by atoms with Crippen LogP contribution in [0.15, 0.2) is 90.3 Å². The van der Waals surface area contributed by atoms with Crippen molar-refractivity contribution in [3.8, 4) is 0 Å². The molecule has 39 heavy (non-hydrogen) atoms. The van der Waals surface area contributed by atoms with E-state index in [-0.39, 0.29) is 23.2 Å². The second-order valence-electron chi connectivity index (χ2n) is 10.0. The Balaban J connectivity index is 1.34. The smallest absolute Gasteiger partial charge is 0.273 e. The number of carbonyl (C=O) groups is 4. The molecule has 4 aliphatic rings. The van der Waals surface area contributed by atoms with Crippen LogP contribution in [-0.2, 0) is 9.59 Å². The quantitative estimate of drug-likeness (QED) is 0.241. The molecule has 8 heteroatoms. The van der Waals surface area contributed by atoms with Crippen LogP contribution in [-0.4, -0.2) is 40.1 Å². The average molecular weight is 553 g/mol. The molecule has 6 nitrogen and oxygen atoms in total. The molecule has 4 aromatic rings. The Kier molecular flexibility index (Phi) is 5.54. The molecule has 2 bridgehead atoms. The van der Waals surface area contributed by atoms with E-state index < -0.39 is 36.1 Å². The molecule has 0 spiro atoms. The van der Waals surface area contributed by atoms with Gasteiger partial charge in [0.25, 0.3) is 17.7 Å². The highest BCUT2D eigenvalue weighted by atomic mass is 35.5. The number of amides is 3. The summed E-state index contributed by atoms with van der Waals surface area (Å²) in [5.74, 6) is -3.81. The van der Waals surface area contributed by atoms with Gasteiger partial charge in [-0.3, -0.25) is 19.2 Å². The van der Waals surface area contributed by atoms with Crippen molar-refractivity contribution in [2.45, 2.75) is 11.8 Å². The molecule has 3 aromatic carbocycles. The molecule has 1 fully saturated rings. The van der Waals surface area contributed by atoms with Crippen LogP contribution in [0, 0.1) is 11.8 Å². The molecule has 0 saturated carbocycles. The molecular weight excluding hydrogens is 532 g/mol. The van der Waals surface area contributed by atoms with Crippen LogP contribution in [0.5, 0.6) is 0 Å². The Morgan fingerprint density at radius 1 is 0.744 bits per heavy atom. The molecule has 192 valence electrons. The number of halogens is 1. The SMILES string of the molecule is O=C(CN(C(=O)c1ccc(Cl)cc1)N1C(=O)[C@H]2C3c4ccccc4C(c4ccccc43)[C@@H]2C1=O)c1cccs1. The van der Waals surface area contributed by atoms with Crippen molar-refractivity contribution in [3.63, 3.8) is 0 Å². The van der Waals surface area contributed by atoms with E-state index in [1.165, 1.54) is 23.5 Å². The van der Waals surface area contributed by atoms with E-state index in [1.807, 2.05) is 48.5 Å². The van der Waals surface area contributed by atoms with E-state index in [2.05, 4.69) is 0 Å². The molecule has 1 aliphatic heterocycles. The van der Waals surface area contributed by atoms with Crippen LogP contribution in [0.25, 0.3) is 0 Å². The maximum Gasteiger partial charge on any atom is 0.273 e. The van der Waals surface area contributed by atoms with E-state index in [1.54, 1.807) is 29.6 Å². The first kappa shape index (κ1) is 24.0. The summed E-state index contributed by atoms with van der Waals surface area (Å²) >= 11 is 7.28. The monoisotopic (exact) mass is 552 g/mol. The standard InChI is InChI=1S/C31H21ClN2O4S/c32-18-13-11-17(12-14-18)29(36)33(16-23(35)24-10-5-15-39-24)34-30(37)27-25-19-6-1-2-7-20(19)26(28(27)31(34)38)22-9-4-3-8-21(22)25/h1-15,25-28H,16H2/t25?,26?,27-,28-/m0/s1. The van der Waals surface area contributed by atoms with Gasteiger partial charge in [0.2, 0.25) is 0 Å². The Hall–Kier alpha value is -4.07. The summed E-state index contributed by atoms with van der Waals surface area (Å²) in [4.78, 5) is 56.0. The fourth-order valence-electron chi connectivity index (χ4n) is 6.53. The number of rotatable bonds is 5. The molecule has 1 aromatic heterocycles. The molecule has 3 aliphatic carbocycles. The van der Waals surface area contributed by atoms with E-state index in [4.69, 9.17) is 11.6 Å². The molecule has 3 amide bonds. The average Bonchev–Trinajstić information content (AvgIpc) is 3.59. The Bertz CT molecular complexity index is 1550. The summed E-state index contributed by atoms with van der Waals surface area (Å²) in [6.07, 6.45) is 0. The number of benzene rings is 3. The van der Waals surface area contributed by atoms with Gasteiger partial charge in [-0.05, 0) is 58.0 Å². The lowest BCUT2D eigenvalue weighted by molar-refractivity contribution is -0.154. The number of thiophene rings is 1. The van der Waals surface area contributed by atoms with Crippen molar-refractivity contribution < 1.29 is 19.2 Å². The first-order valence-electron chi connectivity index (χ1n) is 12.6. The number of hydrogen-bond donors (Lipinski definition) is 0. The molecule has 2 heterocycles. The summed E-state index contributed by atoms with van der Waals surface area (Å²) in [6, 6.07) is 25.5. The molecule has 0 N–H and O–H groups in total. The zero-order chi connectivity index (χ0) is 26.8. The van der Waals surface area contributed by atoms with Gasteiger partial charge in [0.15, 0.2) is 5.78 Å². The summed E-state index contributed by atoms with van der Waals surface area (Å²) in [6.45, 7) is -0.436. The van der Waals surface area contributed by atoms with Crippen molar-refractivity contribution in [3.05, 3.63) is 128 Å². The lowest BCUT2D eigenvalue weighted by Gasteiger charge is -2.45. The molecule has 1 saturated heterocycles. The summed E-state index contributed by atoms with van der Waals surface area (Å²) < 4.78 is 0. The fourth-order valence-corrected chi connectivity index (χ4v) is 7.31. The fraction of sp³-hybridized carbons (Fsp3) is 0.161. The maximum atomic E-state index is 14.2. The third-order valence-corrected chi connectivity index (χ3v) is 9.24. The highest BCUT2D eigenvalue weighted by Gasteiger charge is 2.63. The maximum absolute atomic E-state index is 14.2. The van der Waals surface area contributed by atoms with Crippen molar-refractivity contribution in [1.82, 2.24) is 10.0 Å². The number of Topliss-reactive ketones (excluding diaryl/α,β-unsaturated/α-hetero) is 1. The highest BCUT2D eigenvalue weighted by molar-refractivity contribution is 7.12. The van der Waals surface area contributed by atoms with Gasteiger partial charge in [-0.1, -0.05) is 66.2 Å². The minimum Gasteiger partial charge on any atom is -0.291 e. The van der Waals surface area contributed by atoms with Gasteiger partial charge in [-0.25, -0.2) is 5.01 Å². The van der Waals surface area contributed by atoms with Crippen LogP contribution < -0.4 is 0 Å². The molecule has 8 rings (SSSR count). The summed E-state index contributed by atoms with van der Waals surface area (Å²) in [7, 11) is 0. The predicted molar refractivity (Wildman–Crippen MR) is 147 cm³/mol. The van der Waals surface area contributed by atoms with E-state index in [9.17, 15) is 19.2 Å². The van der Waals surface area contributed by atoms with Gasteiger partial charge in [-0.2, -0.15) is 5.01 Å². The van der Waals surface area contributed by atoms with E-state index in [0.717, 1.165) is 32.3 Å². The topological polar surface area (TPSA) is 74.8 Å². The van der Waals surface area contributed by atoms with Crippen molar-refractivity contribution in [1.29, 1.82) is 0 Å². The van der Waals surface area contributed by atoms with Gasteiger partial charge < -0.3 is 0 Å². The minimum atomic E-state index is -0.662.